The molecular weight excluding hydrogens is 457 g/mol. The Morgan fingerprint density at radius 1 is 1.26 bits per heavy atom. The van der Waals surface area contributed by atoms with Crippen LogP contribution in [0.1, 0.15) is 36.2 Å². The first kappa shape index (κ1) is 23.2. The van der Waals surface area contributed by atoms with Crippen molar-refractivity contribution in [2.75, 3.05) is 33.2 Å². The van der Waals surface area contributed by atoms with Gasteiger partial charge in [0.25, 0.3) is 5.91 Å². The quantitative estimate of drug-likeness (QED) is 0.323. The number of carbonyl (C=O) groups is 2. The molecule has 7 nitrogen and oxygen atoms in total. The molecular formula is C19H30IN5O2. The number of nitrogens with zero attached hydrogens (tertiary/aromatic N) is 2. The van der Waals surface area contributed by atoms with Crippen molar-refractivity contribution in [2.45, 2.75) is 26.8 Å². The van der Waals surface area contributed by atoms with Gasteiger partial charge in [-0.15, -0.1) is 24.0 Å². The number of guanidine groups is 1. The summed E-state index contributed by atoms with van der Waals surface area (Å²) in [6.07, 6.45) is 1.09. The Hall–Kier alpha value is -1.84. The molecule has 0 bridgehead atoms. The minimum atomic E-state index is -0.109. The molecule has 0 spiro atoms. The topological polar surface area (TPSA) is 85.8 Å². The number of carbonyl (C=O) groups excluding carboxylic acids is 2. The summed E-state index contributed by atoms with van der Waals surface area (Å²) in [6.45, 7) is 7.08. The molecule has 1 aromatic carbocycles. The third-order valence-electron chi connectivity index (χ3n) is 4.22. The van der Waals surface area contributed by atoms with Crippen molar-refractivity contribution in [3.05, 3.63) is 35.4 Å². The number of hydrogen-bond donors (Lipinski definition) is 3. The van der Waals surface area contributed by atoms with Crippen molar-refractivity contribution in [3.8, 4) is 0 Å². The first-order valence-corrected chi connectivity index (χ1v) is 9.09. The van der Waals surface area contributed by atoms with Gasteiger partial charge >= 0.3 is 0 Å². The highest BCUT2D eigenvalue weighted by molar-refractivity contribution is 14.0. The second-order valence-electron chi connectivity index (χ2n) is 6.81. The van der Waals surface area contributed by atoms with Gasteiger partial charge in [-0.3, -0.25) is 14.6 Å². The molecule has 2 amide bonds. The van der Waals surface area contributed by atoms with E-state index in [9.17, 15) is 9.59 Å². The molecule has 150 valence electrons. The summed E-state index contributed by atoms with van der Waals surface area (Å²) in [4.78, 5) is 29.7. The Balaban J connectivity index is 0.00000364. The zero-order chi connectivity index (χ0) is 18.9. The molecule has 1 aromatic rings. The van der Waals surface area contributed by atoms with Crippen molar-refractivity contribution >= 4 is 41.8 Å². The molecule has 0 radical (unpaired) electrons. The van der Waals surface area contributed by atoms with Gasteiger partial charge < -0.3 is 20.9 Å². The van der Waals surface area contributed by atoms with E-state index in [0.717, 1.165) is 24.5 Å². The van der Waals surface area contributed by atoms with Gasteiger partial charge in [0.2, 0.25) is 5.91 Å². The molecule has 0 unspecified atom stereocenters. The van der Waals surface area contributed by atoms with E-state index in [1.807, 2.05) is 12.1 Å². The van der Waals surface area contributed by atoms with Crippen LogP contribution >= 0.6 is 24.0 Å². The summed E-state index contributed by atoms with van der Waals surface area (Å²) in [5, 5.41) is 9.28. The SMILES string of the molecule is CN=C(NCCC(C)C)NCc1ccc(C(=O)N2CCNC(=O)C2)cc1.I. The molecule has 1 aliphatic heterocycles. The minimum Gasteiger partial charge on any atom is -0.356 e. The molecule has 27 heavy (non-hydrogen) atoms. The number of rotatable bonds is 6. The summed E-state index contributed by atoms with van der Waals surface area (Å²) in [5.74, 6) is 1.20. The average molecular weight is 487 g/mol. The van der Waals surface area contributed by atoms with Crippen LogP contribution in [-0.2, 0) is 11.3 Å². The van der Waals surface area contributed by atoms with Crippen molar-refractivity contribution in [1.82, 2.24) is 20.9 Å². The number of aliphatic imine (C=N–C) groups is 1. The third-order valence-corrected chi connectivity index (χ3v) is 4.22. The van der Waals surface area contributed by atoms with Crippen molar-refractivity contribution in [3.63, 3.8) is 0 Å². The average Bonchev–Trinajstić information content (AvgIpc) is 2.64. The molecule has 1 fully saturated rings. The molecule has 0 atom stereocenters. The summed E-state index contributed by atoms with van der Waals surface area (Å²) in [7, 11) is 1.75. The molecule has 1 heterocycles. The summed E-state index contributed by atoms with van der Waals surface area (Å²) in [5.41, 5.74) is 1.66. The Morgan fingerprint density at radius 2 is 1.96 bits per heavy atom. The minimum absolute atomic E-state index is 0. The molecule has 0 aliphatic carbocycles. The van der Waals surface area contributed by atoms with Crippen LogP contribution in [-0.4, -0.2) is 55.9 Å². The van der Waals surface area contributed by atoms with E-state index in [-0.39, 0.29) is 42.3 Å². The van der Waals surface area contributed by atoms with Gasteiger partial charge in [0.05, 0.1) is 6.54 Å². The van der Waals surface area contributed by atoms with Gasteiger partial charge in [-0.05, 0) is 30.0 Å². The molecule has 2 rings (SSSR count). The summed E-state index contributed by atoms with van der Waals surface area (Å²) in [6, 6.07) is 7.46. The van der Waals surface area contributed by atoms with Crippen molar-refractivity contribution in [2.24, 2.45) is 10.9 Å². The number of benzene rings is 1. The van der Waals surface area contributed by atoms with Gasteiger partial charge in [-0.25, -0.2) is 0 Å². The second kappa shape index (κ2) is 11.8. The molecule has 1 saturated heterocycles. The Kier molecular flexibility index (Phi) is 10.1. The number of hydrogen-bond acceptors (Lipinski definition) is 3. The van der Waals surface area contributed by atoms with Crippen LogP contribution in [0.3, 0.4) is 0 Å². The molecule has 0 aromatic heterocycles. The zero-order valence-corrected chi connectivity index (χ0v) is 18.6. The fraction of sp³-hybridized carbons (Fsp3) is 0.526. The first-order valence-electron chi connectivity index (χ1n) is 9.09. The van der Waals surface area contributed by atoms with E-state index < -0.39 is 0 Å². The Labute approximate surface area is 178 Å². The van der Waals surface area contributed by atoms with Crippen LogP contribution in [0.15, 0.2) is 29.3 Å². The monoisotopic (exact) mass is 487 g/mol. The molecule has 1 aliphatic rings. The lowest BCUT2D eigenvalue weighted by atomic mass is 10.1. The van der Waals surface area contributed by atoms with E-state index in [1.54, 1.807) is 24.1 Å². The predicted molar refractivity (Wildman–Crippen MR) is 118 cm³/mol. The number of piperazine rings is 1. The predicted octanol–water partition coefficient (Wildman–Crippen LogP) is 1.59. The maximum absolute atomic E-state index is 12.4. The highest BCUT2D eigenvalue weighted by Gasteiger charge is 2.22. The molecule has 8 heteroatoms. The van der Waals surface area contributed by atoms with Crippen LogP contribution in [0.2, 0.25) is 0 Å². The Morgan fingerprint density at radius 3 is 2.56 bits per heavy atom. The lowest BCUT2D eigenvalue weighted by Gasteiger charge is -2.26. The third kappa shape index (κ3) is 7.74. The lowest BCUT2D eigenvalue weighted by Crippen LogP contribution is -2.49. The summed E-state index contributed by atoms with van der Waals surface area (Å²) < 4.78 is 0. The number of halogens is 1. The van der Waals surface area contributed by atoms with Crippen molar-refractivity contribution in [1.29, 1.82) is 0 Å². The molecule has 3 N–H and O–H groups in total. The second-order valence-corrected chi connectivity index (χ2v) is 6.81. The van der Waals surface area contributed by atoms with E-state index in [2.05, 4.69) is 34.8 Å². The van der Waals surface area contributed by atoms with E-state index >= 15 is 0 Å². The maximum atomic E-state index is 12.4. The standard InChI is InChI=1S/C19H29N5O2.HI/c1-14(2)8-9-22-19(20-3)23-12-15-4-6-16(7-5-15)18(26)24-11-10-21-17(25)13-24;/h4-7,14H,8-13H2,1-3H3,(H,21,25)(H2,20,22,23);1H. The van der Waals surface area contributed by atoms with Gasteiger partial charge in [0.1, 0.15) is 0 Å². The van der Waals surface area contributed by atoms with E-state index in [0.29, 0.717) is 31.1 Å². The number of nitrogens with one attached hydrogen (secondary N) is 3. The highest BCUT2D eigenvalue weighted by Crippen LogP contribution is 2.09. The maximum Gasteiger partial charge on any atom is 0.254 e. The van der Waals surface area contributed by atoms with Crippen LogP contribution in [0.25, 0.3) is 0 Å². The van der Waals surface area contributed by atoms with Gasteiger partial charge in [-0.1, -0.05) is 26.0 Å². The van der Waals surface area contributed by atoms with Crippen LogP contribution in [0.5, 0.6) is 0 Å². The van der Waals surface area contributed by atoms with E-state index in [4.69, 9.17) is 0 Å². The number of amides is 2. The van der Waals surface area contributed by atoms with E-state index in [1.165, 1.54) is 0 Å². The van der Waals surface area contributed by atoms with Crippen molar-refractivity contribution < 1.29 is 9.59 Å². The fourth-order valence-corrected chi connectivity index (χ4v) is 2.65. The van der Waals surface area contributed by atoms with Gasteiger partial charge in [0.15, 0.2) is 5.96 Å². The fourth-order valence-electron chi connectivity index (χ4n) is 2.65. The highest BCUT2D eigenvalue weighted by atomic mass is 127. The van der Waals surface area contributed by atoms with Gasteiger partial charge in [0, 0.05) is 38.8 Å². The Bertz CT molecular complexity index is 646. The van der Waals surface area contributed by atoms with Gasteiger partial charge in [-0.2, -0.15) is 0 Å². The smallest absolute Gasteiger partial charge is 0.254 e. The van der Waals surface area contributed by atoms with Crippen LogP contribution in [0, 0.1) is 5.92 Å². The largest absolute Gasteiger partial charge is 0.356 e. The lowest BCUT2D eigenvalue weighted by molar-refractivity contribution is -0.123. The normalized spacial score (nSPS) is 14.4. The molecule has 0 saturated carbocycles. The first-order chi connectivity index (χ1) is 12.5. The summed E-state index contributed by atoms with van der Waals surface area (Å²) >= 11 is 0. The zero-order valence-electron chi connectivity index (χ0n) is 16.2. The van der Waals surface area contributed by atoms with Crippen LogP contribution < -0.4 is 16.0 Å². The van der Waals surface area contributed by atoms with Crippen LogP contribution in [0.4, 0.5) is 0 Å².